The fourth-order valence-corrected chi connectivity index (χ4v) is 2.12. The average molecular weight is 303 g/mol. The summed E-state index contributed by atoms with van der Waals surface area (Å²) >= 11 is 5.84. The molecule has 0 aromatic heterocycles. The third kappa shape index (κ3) is 4.88. The van der Waals surface area contributed by atoms with Gasteiger partial charge < -0.3 is 10.2 Å². The first kappa shape index (κ1) is 15.5. The van der Waals surface area contributed by atoms with Crippen LogP contribution in [0.3, 0.4) is 0 Å². The van der Waals surface area contributed by atoms with Crippen LogP contribution in [0.1, 0.15) is 12.0 Å². The van der Waals surface area contributed by atoms with Gasteiger partial charge in [-0.3, -0.25) is 4.79 Å². The number of benzene rings is 2. The van der Waals surface area contributed by atoms with Gasteiger partial charge in [0.1, 0.15) is 0 Å². The summed E-state index contributed by atoms with van der Waals surface area (Å²) in [7, 11) is 1.80. The summed E-state index contributed by atoms with van der Waals surface area (Å²) in [6, 6.07) is 17.4. The van der Waals surface area contributed by atoms with Crippen molar-refractivity contribution in [3.63, 3.8) is 0 Å². The number of amides is 1. The van der Waals surface area contributed by atoms with Crippen LogP contribution in [0.2, 0.25) is 5.02 Å². The van der Waals surface area contributed by atoms with Gasteiger partial charge in [-0.05, 0) is 29.8 Å². The van der Waals surface area contributed by atoms with Crippen LogP contribution in [0.25, 0.3) is 0 Å². The Balaban J connectivity index is 1.73. The van der Waals surface area contributed by atoms with Gasteiger partial charge in [0.2, 0.25) is 5.91 Å². The van der Waals surface area contributed by atoms with E-state index in [2.05, 4.69) is 5.32 Å². The molecule has 0 aliphatic heterocycles. The lowest BCUT2D eigenvalue weighted by Crippen LogP contribution is -2.29. The average Bonchev–Trinajstić information content (AvgIpc) is 2.53. The third-order valence-corrected chi connectivity index (χ3v) is 3.53. The molecule has 1 N–H and O–H groups in total. The monoisotopic (exact) mass is 302 g/mol. The highest BCUT2D eigenvalue weighted by molar-refractivity contribution is 6.30. The normalized spacial score (nSPS) is 10.4. The van der Waals surface area contributed by atoms with E-state index in [1.54, 1.807) is 11.9 Å². The summed E-state index contributed by atoms with van der Waals surface area (Å²) in [6.45, 7) is 1.39. The van der Waals surface area contributed by atoms with Gasteiger partial charge in [0.15, 0.2) is 0 Å². The summed E-state index contributed by atoms with van der Waals surface area (Å²) in [5.74, 6) is 0.102. The first-order valence-electron chi connectivity index (χ1n) is 6.93. The highest BCUT2D eigenvalue weighted by atomic mass is 35.5. The van der Waals surface area contributed by atoms with Crippen LogP contribution >= 0.6 is 11.6 Å². The van der Waals surface area contributed by atoms with E-state index in [4.69, 9.17) is 11.6 Å². The highest BCUT2D eigenvalue weighted by Crippen LogP contribution is 2.12. The number of para-hydroxylation sites is 1. The lowest BCUT2D eigenvalue weighted by Gasteiger charge is -2.17. The SMILES string of the molecule is CN(C(=O)CCNCc1ccc(Cl)cc1)c1ccccc1. The van der Waals surface area contributed by atoms with Crippen molar-refractivity contribution in [1.29, 1.82) is 0 Å². The Hall–Kier alpha value is -1.84. The molecule has 0 fully saturated rings. The van der Waals surface area contributed by atoms with E-state index < -0.39 is 0 Å². The largest absolute Gasteiger partial charge is 0.315 e. The molecule has 0 spiro atoms. The van der Waals surface area contributed by atoms with Crippen molar-refractivity contribution < 1.29 is 4.79 Å². The molecule has 0 saturated heterocycles. The van der Waals surface area contributed by atoms with Crippen LogP contribution in [0, 0.1) is 0 Å². The minimum absolute atomic E-state index is 0.102. The molecule has 4 heteroatoms. The quantitative estimate of drug-likeness (QED) is 0.829. The topological polar surface area (TPSA) is 32.3 Å². The van der Waals surface area contributed by atoms with Crippen LogP contribution in [-0.4, -0.2) is 19.5 Å². The van der Waals surface area contributed by atoms with Gasteiger partial charge >= 0.3 is 0 Å². The number of halogens is 1. The van der Waals surface area contributed by atoms with Gasteiger partial charge in [0, 0.05) is 37.3 Å². The molecule has 0 saturated carbocycles. The molecule has 3 nitrogen and oxygen atoms in total. The smallest absolute Gasteiger partial charge is 0.227 e. The van der Waals surface area contributed by atoms with Crippen molar-refractivity contribution in [2.24, 2.45) is 0 Å². The molecule has 2 rings (SSSR count). The zero-order valence-electron chi connectivity index (χ0n) is 12.1. The number of hydrogen-bond acceptors (Lipinski definition) is 2. The summed E-state index contributed by atoms with van der Waals surface area (Å²) in [4.78, 5) is 13.8. The molecule has 0 heterocycles. The molecule has 0 unspecified atom stereocenters. The Kier molecular flexibility index (Phi) is 5.78. The van der Waals surface area contributed by atoms with Gasteiger partial charge in [0.25, 0.3) is 0 Å². The van der Waals surface area contributed by atoms with Crippen LogP contribution in [0.15, 0.2) is 54.6 Å². The Morgan fingerprint density at radius 3 is 2.43 bits per heavy atom. The van der Waals surface area contributed by atoms with E-state index in [9.17, 15) is 4.79 Å². The van der Waals surface area contributed by atoms with Crippen molar-refractivity contribution >= 4 is 23.2 Å². The summed E-state index contributed by atoms with van der Waals surface area (Å²) in [6.07, 6.45) is 0.471. The van der Waals surface area contributed by atoms with Crippen molar-refractivity contribution in [2.45, 2.75) is 13.0 Å². The molecule has 2 aromatic rings. The second-order valence-electron chi connectivity index (χ2n) is 4.84. The van der Waals surface area contributed by atoms with Gasteiger partial charge in [-0.2, -0.15) is 0 Å². The van der Waals surface area contributed by atoms with Gasteiger partial charge in [-0.15, -0.1) is 0 Å². The van der Waals surface area contributed by atoms with Crippen molar-refractivity contribution in [1.82, 2.24) is 5.32 Å². The Morgan fingerprint density at radius 1 is 1.10 bits per heavy atom. The molecule has 0 atom stereocenters. The van der Waals surface area contributed by atoms with Crippen molar-refractivity contribution in [2.75, 3.05) is 18.5 Å². The fraction of sp³-hybridized carbons (Fsp3) is 0.235. The van der Waals surface area contributed by atoms with Gasteiger partial charge in [-0.25, -0.2) is 0 Å². The first-order chi connectivity index (χ1) is 10.2. The molecule has 110 valence electrons. The second kappa shape index (κ2) is 7.81. The number of anilines is 1. The van der Waals surface area contributed by atoms with E-state index in [-0.39, 0.29) is 5.91 Å². The standard InChI is InChI=1S/C17H19ClN2O/c1-20(16-5-3-2-4-6-16)17(21)11-12-19-13-14-7-9-15(18)10-8-14/h2-10,19H,11-13H2,1H3. The molecular weight excluding hydrogens is 284 g/mol. The lowest BCUT2D eigenvalue weighted by molar-refractivity contribution is -0.118. The predicted octanol–water partition coefficient (Wildman–Crippen LogP) is 3.48. The molecule has 0 bridgehead atoms. The Labute approximate surface area is 130 Å². The minimum Gasteiger partial charge on any atom is -0.315 e. The molecule has 0 aliphatic rings. The molecular formula is C17H19ClN2O. The summed E-state index contributed by atoms with van der Waals surface area (Å²) in [5, 5.41) is 4.00. The maximum atomic E-state index is 12.1. The van der Waals surface area contributed by atoms with E-state index >= 15 is 0 Å². The van der Waals surface area contributed by atoms with Crippen LogP contribution in [0.4, 0.5) is 5.69 Å². The number of rotatable bonds is 6. The number of hydrogen-bond donors (Lipinski definition) is 1. The second-order valence-corrected chi connectivity index (χ2v) is 5.28. The number of carbonyl (C=O) groups excluding carboxylic acids is 1. The zero-order valence-corrected chi connectivity index (χ0v) is 12.8. The van der Waals surface area contributed by atoms with E-state index in [0.717, 1.165) is 22.8 Å². The predicted molar refractivity (Wildman–Crippen MR) is 87.6 cm³/mol. The Morgan fingerprint density at radius 2 is 1.76 bits per heavy atom. The van der Waals surface area contributed by atoms with E-state index in [1.807, 2.05) is 54.6 Å². The van der Waals surface area contributed by atoms with Crippen LogP contribution < -0.4 is 10.2 Å². The van der Waals surface area contributed by atoms with E-state index in [1.165, 1.54) is 0 Å². The van der Waals surface area contributed by atoms with Crippen LogP contribution in [0.5, 0.6) is 0 Å². The van der Waals surface area contributed by atoms with Crippen molar-refractivity contribution in [3.05, 3.63) is 65.2 Å². The lowest BCUT2D eigenvalue weighted by atomic mass is 10.2. The molecule has 2 aromatic carbocycles. The Bertz CT molecular complexity index is 569. The number of nitrogens with zero attached hydrogens (tertiary/aromatic N) is 1. The molecule has 1 amide bonds. The van der Waals surface area contributed by atoms with Gasteiger partial charge in [0.05, 0.1) is 0 Å². The number of nitrogens with one attached hydrogen (secondary N) is 1. The first-order valence-corrected chi connectivity index (χ1v) is 7.31. The van der Waals surface area contributed by atoms with Crippen molar-refractivity contribution in [3.8, 4) is 0 Å². The maximum Gasteiger partial charge on any atom is 0.227 e. The summed E-state index contributed by atoms with van der Waals surface area (Å²) < 4.78 is 0. The molecule has 0 aliphatic carbocycles. The van der Waals surface area contributed by atoms with Crippen LogP contribution in [-0.2, 0) is 11.3 Å². The summed E-state index contributed by atoms with van der Waals surface area (Å²) in [5.41, 5.74) is 2.07. The van der Waals surface area contributed by atoms with Gasteiger partial charge in [-0.1, -0.05) is 41.9 Å². The third-order valence-electron chi connectivity index (χ3n) is 3.28. The minimum atomic E-state index is 0.102. The highest BCUT2D eigenvalue weighted by Gasteiger charge is 2.09. The molecule has 21 heavy (non-hydrogen) atoms. The fourth-order valence-electron chi connectivity index (χ4n) is 1.99. The maximum absolute atomic E-state index is 12.1. The number of carbonyl (C=O) groups is 1. The zero-order chi connectivity index (χ0) is 15.1. The van der Waals surface area contributed by atoms with E-state index in [0.29, 0.717) is 13.0 Å². The molecule has 0 radical (unpaired) electrons.